The normalized spacial score (nSPS) is 25.3. The van der Waals surface area contributed by atoms with E-state index >= 15 is 0 Å². The fourth-order valence-electron chi connectivity index (χ4n) is 3.84. The number of carbonyl (C=O) groups is 1. The van der Waals surface area contributed by atoms with E-state index in [-0.39, 0.29) is 23.9 Å². The molecule has 1 saturated carbocycles. The molecule has 1 aliphatic heterocycles. The van der Waals surface area contributed by atoms with Gasteiger partial charge in [-0.25, -0.2) is 0 Å². The van der Waals surface area contributed by atoms with Crippen LogP contribution in [0.2, 0.25) is 0 Å². The molecule has 3 atom stereocenters. The number of nitrogens with two attached hydrogens (primary N) is 1. The largest absolute Gasteiger partial charge is 0.416 e. The highest BCUT2D eigenvalue weighted by atomic mass is 19.4. The molecule has 3 rings (SSSR count). The van der Waals surface area contributed by atoms with E-state index in [0.29, 0.717) is 39.3 Å². The van der Waals surface area contributed by atoms with Gasteiger partial charge in [-0.15, -0.1) is 0 Å². The Morgan fingerprint density at radius 1 is 1.22 bits per heavy atom. The third kappa shape index (κ3) is 5.21. The molecule has 1 saturated heterocycles. The molecule has 0 radical (unpaired) electrons. The zero-order valence-corrected chi connectivity index (χ0v) is 15.2. The molecule has 8 heteroatoms. The van der Waals surface area contributed by atoms with Crippen molar-refractivity contribution in [2.75, 3.05) is 32.8 Å². The Bertz CT molecular complexity index is 630. The maximum Gasteiger partial charge on any atom is 0.416 e. The van der Waals surface area contributed by atoms with Crippen LogP contribution >= 0.6 is 0 Å². The molecule has 0 spiro atoms. The van der Waals surface area contributed by atoms with Gasteiger partial charge in [0.05, 0.1) is 24.8 Å². The van der Waals surface area contributed by atoms with Crippen LogP contribution < -0.4 is 11.1 Å². The van der Waals surface area contributed by atoms with Crippen LogP contribution in [0, 0.1) is 5.92 Å². The van der Waals surface area contributed by atoms with Crippen molar-refractivity contribution >= 4 is 5.91 Å². The molecule has 1 aromatic carbocycles. The lowest BCUT2D eigenvalue weighted by Crippen LogP contribution is -2.44. The lowest BCUT2D eigenvalue weighted by Gasteiger charge is -2.35. The fraction of sp³-hybridized carbons (Fsp3) is 0.632. The Labute approximate surface area is 157 Å². The molecule has 1 aliphatic carbocycles. The summed E-state index contributed by atoms with van der Waals surface area (Å²) in [5.74, 6) is -0.0916. The van der Waals surface area contributed by atoms with Crippen LogP contribution in [0.15, 0.2) is 24.3 Å². The zero-order valence-electron chi connectivity index (χ0n) is 15.2. The van der Waals surface area contributed by atoms with Gasteiger partial charge in [-0.1, -0.05) is 12.1 Å². The van der Waals surface area contributed by atoms with Gasteiger partial charge >= 0.3 is 6.18 Å². The molecule has 2 fully saturated rings. The SMILES string of the molecule is NC1CCC(C(=O)NCC(c2ccc(C(F)(F)F)cc2)N2CCOCC2)C1. The topological polar surface area (TPSA) is 67.6 Å². The molecule has 3 unspecified atom stereocenters. The van der Waals surface area contributed by atoms with Crippen molar-refractivity contribution in [3.8, 4) is 0 Å². The quantitative estimate of drug-likeness (QED) is 0.816. The number of morpholine rings is 1. The van der Waals surface area contributed by atoms with Gasteiger partial charge in [-0.05, 0) is 37.0 Å². The first-order valence-corrected chi connectivity index (χ1v) is 9.37. The maximum absolute atomic E-state index is 12.8. The first-order valence-electron chi connectivity index (χ1n) is 9.37. The van der Waals surface area contributed by atoms with Gasteiger partial charge in [0.2, 0.25) is 5.91 Å². The standard InChI is InChI=1S/C19H26F3N3O2/c20-19(21,22)15-4-1-13(2-5-15)17(25-7-9-27-10-8-25)12-24-18(26)14-3-6-16(23)11-14/h1-2,4-5,14,16-17H,3,6-12,23H2,(H,24,26). The number of amides is 1. The number of ether oxygens (including phenoxy) is 1. The number of rotatable bonds is 5. The van der Waals surface area contributed by atoms with Crippen molar-refractivity contribution in [3.05, 3.63) is 35.4 Å². The van der Waals surface area contributed by atoms with E-state index in [1.165, 1.54) is 12.1 Å². The van der Waals surface area contributed by atoms with E-state index in [4.69, 9.17) is 10.5 Å². The molecule has 0 aromatic heterocycles. The van der Waals surface area contributed by atoms with Crippen LogP contribution in [-0.4, -0.2) is 49.7 Å². The van der Waals surface area contributed by atoms with E-state index in [1.54, 1.807) is 0 Å². The van der Waals surface area contributed by atoms with Crippen molar-refractivity contribution in [1.29, 1.82) is 0 Å². The second kappa shape index (κ2) is 8.58. The monoisotopic (exact) mass is 385 g/mol. The van der Waals surface area contributed by atoms with Gasteiger partial charge < -0.3 is 15.8 Å². The zero-order chi connectivity index (χ0) is 19.4. The van der Waals surface area contributed by atoms with E-state index in [9.17, 15) is 18.0 Å². The smallest absolute Gasteiger partial charge is 0.379 e. The average molecular weight is 385 g/mol. The van der Waals surface area contributed by atoms with Crippen molar-refractivity contribution in [1.82, 2.24) is 10.2 Å². The maximum atomic E-state index is 12.8. The number of benzene rings is 1. The summed E-state index contributed by atoms with van der Waals surface area (Å²) in [7, 11) is 0. The molecule has 2 aliphatic rings. The van der Waals surface area contributed by atoms with Crippen LogP contribution in [0.1, 0.15) is 36.4 Å². The predicted octanol–water partition coefficient (Wildman–Crippen LogP) is 2.32. The summed E-state index contributed by atoms with van der Waals surface area (Å²) in [6.45, 7) is 2.85. The summed E-state index contributed by atoms with van der Waals surface area (Å²) in [4.78, 5) is 14.6. The molecule has 27 heavy (non-hydrogen) atoms. The summed E-state index contributed by atoms with van der Waals surface area (Å²) >= 11 is 0. The molecule has 1 heterocycles. The second-order valence-corrected chi connectivity index (χ2v) is 7.30. The Kier molecular flexibility index (Phi) is 6.39. The first-order chi connectivity index (χ1) is 12.8. The Morgan fingerprint density at radius 3 is 2.44 bits per heavy atom. The highest BCUT2D eigenvalue weighted by Crippen LogP contribution is 2.31. The van der Waals surface area contributed by atoms with Crippen molar-refractivity contribution in [2.24, 2.45) is 11.7 Å². The molecule has 1 amide bonds. The third-order valence-corrected chi connectivity index (χ3v) is 5.42. The molecule has 5 nitrogen and oxygen atoms in total. The molecular weight excluding hydrogens is 359 g/mol. The van der Waals surface area contributed by atoms with Gasteiger partial charge in [0.15, 0.2) is 0 Å². The number of hydrogen-bond acceptors (Lipinski definition) is 4. The van der Waals surface area contributed by atoms with E-state index in [1.807, 2.05) is 0 Å². The van der Waals surface area contributed by atoms with Crippen LogP contribution in [0.4, 0.5) is 13.2 Å². The minimum Gasteiger partial charge on any atom is -0.379 e. The van der Waals surface area contributed by atoms with Gasteiger partial charge in [0.1, 0.15) is 0 Å². The second-order valence-electron chi connectivity index (χ2n) is 7.30. The average Bonchev–Trinajstić information content (AvgIpc) is 3.09. The number of hydrogen-bond donors (Lipinski definition) is 2. The van der Waals surface area contributed by atoms with Crippen molar-refractivity contribution in [3.63, 3.8) is 0 Å². The Hall–Kier alpha value is -1.64. The number of nitrogens with zero attached hydrogens (tertiary/aromatic N) is 1. The minimum atomic E-state index is -4.36. The van der Waals surface area contributed by atoms with Crippen LogP contribution in [0.25, 0.3) is 0 Å². The number of halogens is 3. The molecular formula is C19H26F3N3O2. The van der Waals surface area contributed by atoms with Gasteiger partial charge in [0.25, 0.3) is 0 Å². The summed E-state index contributed by atoms with van der Waals surface area (Å²) in [5.41, 5.74) is 5.97. The highest BCUT2D eigenvalue weighted by molar-refractivity contribution is 5.79. The molecule has 1 aromatic rings. The summed E-state index contributed by atoms with van der Waals surface area (Å²) < 4.78 is 43.9. The summed E-state index contributed by atoms with van der Waals surface area (Å²) in [6.07, 6.45) is -2.03. The third-order valence-electron chi connectivity index (χ3n) is 5.42. The van der Waals surface area contributed by atoms with Crippen molar-refractivity contribution in [2.45, 2.75) is 37.5 Å². The first kappa shape index (κ1) is 20.1. The Balaban J connectivity index is 1.70. The van der Waals surface area contributed by atoms with Gasteiger partial charge in [-0.3, -0.25) is 9.69 Å². The van der Waals surface area contributed by atoms with E-state index in [2.05, 4.69) is 10.2 Å². The molecule has 3 N–H and O–H groups in total. The van der Waals surface area contributed by atoms with Gasteiger partial charge in [0, 0.05) is 31.6 Å². The lowest BCUT2D eigenvalue weighted by molar-refractivity contribution is -0.137. The van der Waals surface area contributed by atoms with E-state index in [0.717, 1.165) is 30.5 Å². The highest BCUT2D eigenvalue weighted by Gasteiger charge is 2.32. The number of carbonyl (C=O) groups excluding carboxylic acids is 1. The van der Waals surface area contributed by atoms with Crippen LogP contribution in [0.5, 0.6) is 0 Å². The number of nitrogens with one attached hydrogen (secondary N) is 1. The Morgan fingerprint density at radius 2 is 1.89 bits per heavy atom. The van der Waals surface area contributed by atoms with Crippen LogP contribution in [0.3, 0.4) is 0 Å². The lowest BCUT2D eigenvalue weighted by atomic mass is 10.0. The van der Waals surface area contributed by atoms with Crippen LogP contribution in [-0.2, 0) is 15.7 Å². The number of alkyl halides is 3. The summed E-state index contributed by atoms with van der Waals surface area (Å²) in [6, 6.07) is 5.09. The minimum absolute atomic E-state index is 0.0203. The molecule has 0 bridgehead atoms. The summed E-state index contributed by atoms with van der Waals surface area (Å²) in [5, 5.41) is 2.99. The molecule has 150 valence electrons. The predicted molar refractivity (Wildman–Crippen MR) is 94.9 cm³/mol. The van der Waals surface area contributed by atoms with Crippen molar-refractivity contribution < 1.29 is 22.7 Å². The van der Waals surface area contributed by atoms with Gasteiger partial charge in [-0.2, -0.15) is 13.2 Å². The fourth-order valence-corrected chi connectivity index (χ4v) is 3.84. The van der Waals surface area contributed by atoms with E-state index < -0.39 is 11.7 Å².